The van der Waals surface area contributed by atoms with Crippen molar-refractivity contribution in [2.45, 2.75) is 44.2 Å². The molecule has 112 valence electrons. The maximum Gasteiger partial charge on any atom is 0.126 e. The molecule has 0 atom stereocenters. The first kappa shape index (κ1) is 14.3. The first-order chi connectivity index (χ1) is 10.3. The number of hydrogen-bond acceptors (Lipinski definition) is 2. The minimum Gasteiger partial charge on any atom is -0.337 e. The highest BCUT2D eigenvalue weighted by molar-refractivity contribution is 5.24. The van der Waals surface area contributed by atoms with E-state index in [1.54, 1.807) is 12.1 Å². The van der Waals surface area contributed by atoms with Gasteiger partial charge in [0.2, 0.25) is 0 Å². The Hall–Kier alpha value is -1.68. The van der Waals surface area contributed by atoms with Crippen LogP contribution in [0.4, 0.5) is 4.39 Å². The summed E-state index contributed by atoms with van der Waals surface area (Å²) in [7, 11) is 0. The lowest BCUT2D eigenvalue weighted by Gasteiger charge is -2.36. The average molecular weight is 287 g/mol. The minimum atomic E-state index is -0.0544. The first-order valence-electron chi connectivity index (χ1n) is 7.76. The SMILES string of the molecule is Fc1ccccc1C1CC(NCCCCn2ccnc2)C1. The van der Waals surface area contributed by atoms with Gasteiger partial charge in [-0.2, -0.15) is 0 Å². The molecule has 0 amide bonds. The molecule has 0 spiro atoms. The van der Waals surface area contributed by atoms with Crippen LogP contribution in [-0.2, 0) is 6.54 Å². The molecule has 21 heavy (non-hydrogen) atoms. The normalized spacial score (nSPS) is 21.2. The molecule has 1 heterocycles. The van der Waals surface area contributed by atoms with Gasteiger partial charge in [-0.25, -0.2) is 9.37 Å². The van der Waals surface area contributed by atoms with Crippen LogP contribution in [-0.4, -0.2) is 22.1 Å². The number of nitrogens with zero attached hydrogens (tertiary/aromatic N) is 2. The average Bonchev–Trinajstić information content (AvgIpc) is 2.95. The van der Waals surface area contributed by atoms with Crippen LogP contribution >= 0.6 is 0 Å². The third-order valence-electron chi connectivity index (χ3n) is 4.32. The minimum absolute atomic E-state index is 0.0544. The summed E-state index contributed by atoms with van der Waals surface area (Å²) in [5.41, 5.74) is 0.885. The van der Waals surface area contributed by atoms with Crippen molar-refractivity contribution >= 4 is 0 Å². The second-order valence-electron chi connectivity index (χ2n) is 5.85. The maximum atomic E-state index is 13.6. The zero-order valence-electron chi connectivity index (χ0n) is 12.2. The van der Waals surface area contributed by atoms with E-state index >= 15 is 0 Å². The number of rotatable bonds is 7. The fraction of sp³-hybridized carbons (Fsp3) is 0.471. The van der Waals surface area contributed by atoms with Gasteiger partial charge < -0.3 is 9.88 Å². The largest absolute Gasteiger partial charge is 0.337 e. The second-order valence-corrected chi connectivity index (χ2v) is 5.85. The summed E-state index contributed by atoms with van der Waals surface area (Å²) >= 11 is 0. The summed E-state index contributed by atoms with van der Waals surface area (Å²) in [6.07, 6.45) is 10.1. The van der Waals surface area contributed by atoms with Crippen molar-refractivity contribution in [3.8, 4) is 0 Å². The Morgan fingerprint density at radius 2 is 2.10 bits per heavy atom. The number of aromatic nitrogens is 2. The van der Waals surface area contributed by atoms with Gasteiger partial charge in [0.05, 0.1) is 6.33 Å². The van der Waals surface area contributed by atoms with Gasteiger partial charge in [0.25, 0.3) is 0 Å². The van der Waals surface area contributed by atoms with Crippen molar-refractivity contribution in [2.75, 3.05) is 6.54 Å². The molecule has 1 N–H and O–H groups in total. The molecule has 3 nitrogen and oxygen atoms in total. The van der Waals surface area contributed by atoms with Crippen molar-refractivity contribution < 1.29 is 4.39 Å². The van der Waals surface area contributed by atoms with E-state index in [-0.39, 0.29) is 5.82 Å². The number of nitrogens with one attached hydrogen (secondary N) is 1. The van der Waals surface area contributed by atoms with Gasteiger partial charge in [-0.1, -0.05) is 18.2 Å². The van der Waals surface area contributed by atoms with E-state index in [1.165, 1.54) is 6.42 Å². The van der Waals surface area contributed by atoms with E-state index in [1.807, 2.05) is 30.9 Å². The second kappa shape index (κ2) is 6.85. The number of aryl methyl sites for hydroxylation is 1. The molecule has 4 heteroatoms. The van der Waals surface area contributed by atoms with Crippen LogP contribution in [0.15, 0.2) is 43.0 Å². The highest BCUT2D eigenvalue weighted by Crippen LogP contribution is 2.37. The summed E-state index contributed by atoms with van der Waals surface area (Å²) in [6, 6.07) is 7.72. The predicted molar refractivity (Wildman–Crippen MR) is 81.6 cm³/mol. The van der Waals surface area contributed by atoms with E-state index in [4.69, 9.17) is 0 Å². The lowest BCUT2D eigenvalue weighted by atomic mass is 9.75. The molecule has 1 aliphatic carbocycles. The van der Waals surface area contributed by atoms with Crippen LogP contribution in [0.1, 0.15) is 37.2 Å². The van der Waals surface area contributed by atoms with Crippen molar-refractivity contribution in [3.63, 3.8) is 0 Å². The molecule has 2 aromatic rings. The highest BCUT2D eigenvalue weighted by atomic mass is 19.1. The number of unbranched alkanes of at least 4 members (excludes halogenated alkanes) is 1. The van der Waals surface area contributed by atoms with Gasteiger partial charge in [-0.05, 0) is 49.8 Å². The van der Waals surface area contributed by atoms with E-state index in [9.17, 15) is 4.39 Å². The molecular formula is C17H22FN3. The summed E-state index contributed by atoms with van der Waals surface area (Å²) < 4.78 is 15.8. The van der Waals surface area contributed by atoms with E-state index < -0.39 is 0 Å². The van der Waals surface area contributed by atoms with Crippen LogP contribution in [0.3, 0.4) is 0 Å². The third kappa shape index (κ3) is 3.70. The zero-order chi connectivity index (χ0) is 14.5. The topological polar surface area (TPSA) is 29.9 Å². The Kier molecular flexibility index (Phi) is 4.65. The van der Waals surface area contributed by atoms with Gasteiger partial charge in [0.1, 0.15) is 5.82 Å². The quantitative estimate of drug-likeness (QED) is 0.792. The molecule has 1 aromatic heterocycles. The Bertz CT molecular complexity index is 547. The Morgan fingerprint density at radius 3 is 2.86 bits per heavy atom. The summed E-state index contributed by atoms with van der Waals surface area (Å²) in [6.45, 7) is 2.08. The number of hydrogen-bond donors (Lipinski definition) is 1. The molecule has 0 aliphatic heterocycles. The van der Waals surface area contributed by atoms with E-state index in [0.717, 1.165) is 37.9 Å². The molecule has 0 saturated heterocycles. The standard InChI is InChI=1S/C17H22FN3/c18-17-6-2-1-5-16(17)14-11-15(12-14)20-7-3-4-9-21-10-8-19-13-21/h1-2,5-6,8,10,13-15,20H,3-4,7,9,11-12H2. The van der Waals surface area contributed by atoms with E-state index in [2.05, 4.69) is 14.9 Å². The summed E-state index contributed by atoms with van der Waals surface area (Å²) in [5, 5.41) is 3.57. The van der Waals surface area contributed by atoms with Crippen molar-refractivity contribution in [3.05, 3.63) is 54.4 Å². The first-order valence-corrected chi connectivity index (χ1v) is 7.76. The molecule has 0 unspecified atom stereocenters. The van der Waals surface area contributed by atoms with Gasteiger partial charge in [-0.15, -0.1) is 0 Å². The van der Waals surface area contributed by atoms with Crippen LogP contribution < -0.4 is 5.32 Å². The Balaban J connectivity index is 1.30. The summed E-state index contributed by atoms with van der Waals surface area (Å²) in [5.74, 6) is 0.343. The Labute approximate surface area is 125 Å². The lowest BCUT2D eigenvalue weighted by molar-refractivity contribution is 0.284. The Morgan fingerprint density at radius 1 is 1.24 bits per heavy atom. The van der Waals surface area contributed by atoms with Crippen LogP contribution in [0.25, 0.3) is 0 Å². The molecule has 1 saturated carbocycles. The zero-order valence-corrected chi connectivity index (χ0v) is 12.2. The van der Waals surface area contributed by atoms with Gasteiger partial charge in [0.15, 0.2) is 0 Å². The molecule has 3 rings (SSSR count). The van der Waals surface area contributed by atoms with Crippen molar-refractivity contribution in [2.24, 2.45) is 0 Å². The molecule has 1 aromatic carbocycles. The van der Waals surface area contributed by atoms with E-state index in [0.29, 0.717) is 12.0 Å². The van der Waals surface area contributed by atoms with Crippen LogP contribution in [0, 0.1) is 5.82 Å². The maximum absolute atomic E-state index is 13.6. The van der Waals surface area contributed by atoms with Gasteiger partial charge in [0, 0.05) is 25.0 Å². The van der Waals surface area contributed by atoms with Crippen molar-refractivity contribution in [1.29, 1.82) is 0 Å². The summed E-state index contributed by atoms with van der Waals surface area (Å²) in [4.78, 5) is 4.03. The lowest BCUT2D eigenvalue weighted by Crippen LogP contribution is -2.40. The highest BCUT2D eigenvalue weighted by Gasteiger charge is 2.31. The molecule has 0 bridgehead atoms. The molecule has 1 aliphatic rings. The van der Waals surface area contributed by atoms with Gasteiger partial charge in [-0.3, -0.25) is 0 Å². The molecular weight excluding hydrogens is 265 g/mol. The third-order valence-corrected chi connectivity index (χ3v) is 4.32. The predicted octanol–water partition coefficient (Wildman–Crippen LogP) is 3.34. The van der Waals surface area contributed by atoms with Gasteiger partial charge >= 0.3 is 0 Å². The molecule has 0 radical (unpaired) electrons. The number of halogens is 1. The monoisotopic (exact) mass is 287 g/mol. The van der Waals surface area contributed by atoms with Crippen molar-refractivity contribution in [1.82, 2.24) is 14.9 Å². The fourth-order valence-corrected chi connectivity index (χ4v) is 2.99. The number of imidazole rings is 1. The smallest absolute Gasteiger partial charge is 0.126 e. The molecule has 1 fully saturated rings. The fourth-order valence-electron chi connectivity index (χ4n) is 2.99. The number of benzene rings is 1. The van der Waals surface area contributed by atoms with Crippen LogP contribution in [0.2, 0.25) is 0 Å². The van der Waals surface area contributed by atoms with Crippen LogP contribution in [0.5, 0.6) is 0 Å².